The van der Waals surface area contributed by atoms with Gasteiger partial charge in [0.25, 0.3) is 0 Å². The molecule has 0 amide bonds. The van der Waals surface area contributed by atoms with E-state index >= 15 is 0 Å². The number of aliphatic hydroxyl groups excluding tert-OH is 1. The van der Waals surface area contributed by atoms with E-state index in [1.807, 2.05) is 20.8 Å². The lowest BCUT2D eigenvalue weighted by Crippen LogP contribution is -2.26. The van der Waals surface area contributed by atoms with Crippen LogP contribution >= 0.6 is 23.2 Å². The van der Waals surface area contributed by atoms with Gasteiger partial charge in [0.2, 0.25) is 0 Å². The number of aliphatic hydroxyl groups is 1. The second-order valence-corrected chi connectivity index (χ2v) is 5.92. The highest BCUT2D eigenvalue weighted by atomic mass is 35.5. The predicted octanol–water partition coefficient (Wildman–Crippen LogP) is 3.52. The molecule has 0 saturated heterocycles. The van der Waals surface area contributed by atoms with Gasteiger partial charge in [-0.15, -0.1) is 0 Å². The topological polar surface area (TPSA) is 50.7 Å². The van der Waals surface area contributed by atoms with Crippen LogP contribution in [-0.4, -0.2) is 43.7 Å². The molecule has 0 aliphatic rings. The Labute approximate surface area is 136 Å². The fourth-order valence-corrected chi connectivity index (χ4v) is 2.08. The number of hydrogen-bond acceptors (Lipinski definition) is 4. The van der Waals surface area contributed by atoms with Gasteiger partial charge in [0, 0.05) is 11.6 Å². The number of benzene rings is 1. The van der Waals surface area contributed by atoms with Crippen molar-refractivity contribution in [1.29, 1.82) is 0 Å². The molecule has 6 heteroatoms. The van der Waals surface area contributed by atoms with E-state index in [-0.39, 0.29) is 12.7 Å². The fourth-order valence-electron chi connectivity index (χ4n) is 1.63. The van der Waals surface area contributed by atoms with Crippen LogP contribution in [0.1, 0.15) is 19.4 Å². The molecule has 0 spiro atoms. The Balaban J connectivity index is 2.27. The number of aryl methyl sites for hydroxylation is 1. The van der Waals surface area contributed by atoms with Gasteiger partial charge in [-0.3, -0.25) is 0 Å². The van der Waals surface area contributed by atoms with Crippen LogP contribution < -0.4 is 5.32 Å². The Bertz CT molecular complexity index is 441. The maximum atomic E-state index is 9.83. The molecule has 1 rings (SSSR count). The largest absolute Gasteiger partial charge is 0.389 e. The molecular weight excluding hydrogens is 313 g/mol. The van der Waals surface area contributed by atoms with Crippen molar-refractivity contribution in [1.82, 2.24) is 0 Å². The van der Waals surface area contributed by atoms with E-state index in [0.717, 1.165) is 5.56 Å². The average molecular weight is 336 g/mol. The van der Waals surface area contributed by atoms with Crippen molar-refractivity contribution in [3.63, 3.8) is 0 Å². The maximum absolute atomic E-state index is 9.83. The molecule has 2 N–H and O–H groups in total. The zero-order valence-electron chi connectivity index (χ0n) is 12.7. The first-order valence-corrected chi connectivity index (χ1v) is 7.72. The van der Waals surface area contributed by atoms with Crippen molar-refractivity contribution in [3.05, 3.63) is 27.7 Å². The fraction of sp³-hybridized carbons (Fsp3) is 0.600. The molecule has 1 aromatic rings. The van der Waals surface area contributed by atoms with E-state index in [0.29, 0.717) is 35.5 Å². The van der Waals surface area contributed by atoms with Gasteiger partial charge in [-0.05, 0) is 38.5 Å². The summed E-state index contributed by atoms with van der Waals surface area (Å²) in [7, 11) is 0. The zero-order valence-corrected chi connectivity index (χ0v) is 14.2. The maximum Gasteiger partial charge on any atom is 0.0945 e. The molecule has 0 aliphatic carbocycles. The molecule has 120 valence electrons. The molecule has 0 aromatic heterocycles. The van der Waals surface area contributed by atoms with Crippen LogP contribution in [0.3, 0.4) is 0 Å². The zero-order chi connectivity index (χ0) is 15.8. The van der Waals surface area contributed by atoms with Crippen molar-refractivity contribution < 1.29 is 14.6 Å². The van der Waals surface area contributed by atoms with Crippen LogP contribution in [0.4, 0.5) is 5.69 Å². The second kappa shape index (κ2) is 9.49. The standard InChI is InChI=1S/C15H23Cl2NO3/c1-10(2)21-5-4-20-9-12(19)8-18-15-7-13(16)11(3)6-14(15)17/h6-7,10,12,18-19H,4-5,8-9H2,1-3H3. The summed E-state index contributed by atoms with van der Waals surface area (Å²) in [5.41, 5.74) is 1.62. The number of anilines is 1. The van der Waals surface area contributed by atoms with Crippen LogP contribution in [-0.2, 0) is 9.47 Å². The summed E-state index contributed by atoms with van der Waals surface area (Å²) >= 11 is 12.2. The normalized spacial score (nSPS) is 12.7. The molecule has 21 heavy (non-hydrogen) atoms. The van der Waals surface area contributed by atoms with Crippen LogP contribution in [0.5, 0.6) is 0 Å². The van der Waals surface area contributed by atoms with Crippen molar-refractivity contribution >= 4 is 28.9 Å². The number of rotatable bonds is 9. The molecule has 0 aliphatic heterocycles. The van der Waals surface area contributed by atoms with Gasteiger partial charge in [-0.2, -0.15) is 0 Å². The summed E-state index contributed by atoms with van der Waals surface area (Å²) in [6, 6.07) is 3.54. The van der Waals surface area contributed by atoms with Gasteiger partial charge >= 0.3 is 0 Å². The van der Waals surface area contributed by atoms with Crippen molar-refractivity contribution in [3.8, 4) is 0 Å². The average Bonchev–Trinajstić information content (AvgIpc) is 2.40. The van der Waals surface area contributed by atoms with Gasteiger partial charge in [-0.1, -0.05) is 23.2 Å². The molecule has 0 bridgehead atoms. The third-order valence-corrected chi connectivity index (χ3v) is 3.49. The van der Waals surface area contributed by atoms with Gasteiger partial charge in [0.05, 0.1) is 42.7 Å². The van der Waals surface area contributed by atoms with Crippen molar-refractivity contribution in [2.75, 3.05) is 31.7 Å². The third-order valence-electron chi connectivity index (χ3n) is 2.77. The monoisotopic (exact) mass is 335 g/mol. The van der Waals surface area contributed by atoms with E-state index in [9.17, 15) is 5.11 Å². The number of halogens is 2. The first kappa shape index (κ1) is 18.5. The lowest BCUT2D eigenvalue weighted by Gasteiger charge is -2.15. The molecule has 1 aromatic carbocycles. The number of hydrogen-bond donors (Lipinski definition) is 2. The smallest absolute Gasteiger partial charge is 0.0945 e. The summed E-state index contributed by atoms with van der Waals surface area (Å²) in [5, 5.41) is 14.1. The Morgan fingerprint density at radius 1 is 1.19 bits per heavy atom. The van der Waals surface area contributed by atoms with Crippen LogP contribution in [0.25, 0.3) is 0 Å². The minimum Gasteiger partial charge on any atom is -0.389 e. The minimum absolute atomic E-state index is 0.189. The summed E-state index contributed by atoms with van der Waals surface area (Å²) in [4.78, 5) is 0. The van der Waals surface area contributed by atoms with Gasteiger partial charge in [-0.25, -0.2) is 0 Å². The minimum atomic E-state index is -0.625. The Hall–Kier alpha value is -0.520. The molecular formula is C15H23Cl2NO3. The summed E-state index contributed by atoms with van der Waals surface area (Å²) in [6.45, 7) is 7.39. The lowest BCUT2D eigenvalue weighted by atomic mass is 10.2. The molecule has 1 unspecified atom stereocenters. The quantitative estimate of drug-likeness (QED) is 0.678. The first-order valence-electron chi connectivity index (χ1n) is 6.97. The van der Waals surface area contributed by atoms with Gasteiger partial charge in [0.15, 0.2) is 0 Å². The van der Waals surface area contributed by atoms with E-state index in [4.69, 9.17) is 32.7 Å². The van der Waals surface area contributed by atoms with E-state index in [1.165, 1.54) is 0 Å². The van der Waals surface area contributed by atoms with Crippen LogP contribution in [0.2, 0.25) is 10.0 Å². The molecule has 0 fully saturated rings. The van der Waals surface area contributed by atoms with E-state index < -0.39 is 6.10 Å². The van der Waals surface area contributed by atoms with Crippen molar-refractivity contribution in [2.45, 2.75) is 33.0 Å². The summed E-state index contributed by atoms with van der Waals surface area (Å²) in [6.07, 6.45) is -0.436. The highest BCUT2D eigenvalue weighted by Crippen LogP contribution is 2.28. The van der Waals surface area contributed by atoms with Crippen LogP contribution in [0.15, 0.2) is 12.1 Å². The predicted molar refractivity (Wildman–Crippen MR) is 87.6 cm³/mol. The molecule has 0 saturated carbocycles. The van der Waals surface area contributed by atoms with Crippen molar-refractivity contribution in [2.24, 2.45) is 0 Å². The van der Waals surface area contributed by atoms with E-state index in [2.05, 4.69) is 5.32 Å². The number of nitrogens with one attached hydrogen (secondary N) is 1. The SMILES string of the molecule is Cc1cc(Cl)c(NCC(O)COCCOC(C)C)cc1Cl. The lowest BCUT2D eigenvalue weighted by molar-refractivity contribution is -0.00734. The Kier molecular flexibility index (Phi) is 8.37. The Morgan fingerprint density at radius 3 is 2.57 bits per heavy atom. The Morgan fingerprint density at radius 2 is 1.90 bits per heavy atom. The molecule has 1 atom stereocenters. The first-order chi connectivity index (χ1) is 9.90. The highest BCUT2D eigenvalue weighted by Gasteiger charge is 2.08. The molecule has 0 radical (unpaired) electrons. The second-order valence-electron chi connectivity index (χ2n) is 5.11. The number of ether oxygens (including phenoxy) is 2. The van der Waals surface area contributed by atoms with E-state index in [1.54, 1.807) is 12.1 Å². The highest BCUT2D eigenvalue weighted by molar-refractivity contribution is 6.35. The van der Waals surface area contributed by atoms with Crippen LogP contribution in [0, 0.1) is 6.92 Å². The van der Waals surface area contributed by atoms with Gasteiger partial charge in [0.1, 0.15) is 0 Å². The summed E-state index contributed by atoms with van der Waals surface area (Å²) in [5.74, 6) is 0. The van der Waals surface area contributed by atoms with Gasteiger partial charge < -0.3 is 19.9 Å². The third kappa shape index (κ3) is 7.34. The molecule has 4 nitrogen and oxygen atoms in total. The molecule has 0 heterocycles. The summed E-state index contributed by atoms with van der Waals surface area (Å²) < 4.78 is 10.7.